The lowest BCUT2D eigenvalue weighted by molar-refractivity contribution is 0.0240. The molecule has 1 aliphatic rings. The van der Waals surface area contributed by atoms with Crippen LogP contribution in [0.5, 0.6) is 0 Å². The number of nitrogens with one attached hydrogen (secondary N) is 1. The summed E-state index contributed by atoms with van der Waals surface area (Å²) in [4.78, 5) is 4.16. The molecule has 1 saturated heterocycles. The summed E-state index contributed by atoms with van der Waals surface area (Å²) in [5.41, 5.74) is 1.64. The van der Waals surface area contributed by atoms with Crippen LogP contribution in [0.15, 0.2) is 35.2 Å². The van der Waals surface area contributed by atoms with Crippen LogP contribution in [0, 0.1) is 5.82 Å². The van der Waals surface area contributed by atoms with Gasteiger partial charge in [0.2, 0.25) is 0 Å². The lowest BCUT2D eigenvalue weighted by Gasteiger charge is -2.24. The van der Waals surface area contributed by atoms with Crippen molar-refractivity contribution in [1.82, 2.24) is 14.9 Å². The molecular formula is C13H13BrFN3O. The molecule has 6 heteroatoms. The molecule has 1 atom stereocenters. The van der Waals surface area contributed by atoms with Crippen molar-refractivity contribution in [3.05, 3.63) is 46.7 Å². The Balaban J connectivity index is 2.01. The van der Waals surface area contributed by atoms with Crippen molar-refractivity contribution < 1.29 is 9.13 Å². The average Bonchev–Trinajstić information content (AvgIpc) is 2.91. The van der Waals surface area contributed by atoms with E-state index in [0.29, 0.717) is 6.61 Å². The quantitative estimate of drug-likeness (QED) is 0.921. The lowest BCUT2D eigenvalue weighted by atomic mass is 10.2. The molecule has 2 heterocycles. The minimum atomic E-state index is -0.277. The number of aromatic nitrogens is 2. The fourth-order valence-corrected chi connectivity index (χ4v) is 2.61. The molecule has 1 N–H and O–H groups in total. The van der Waals surface area contributed by atoms with Crippen LogP contribution in [0.25, 0.3) is 5.69 Å². The second-order valence-corrected chi connectivity index (χ2v) is 5.20. The van der Waals surface area contributed by atoms with Gasteiger partial charge in [-0.25, -0.2) is 9.37 Å². The van der Waals surface area contributed by atoms with E-state index in [9.17, 15) is 4.39 Å². The van der Waals surface area contributed by atoms with Gasteiger partial charge in [0.1, 0.15) is 11.9 Å². The maximum absolute atomic E-state index is 13.4. The van der Waals surface area contributed by atoms with E-state index in [1.165, 1.54) is 12.1 Å². The van der Waals surface area contributed by atoms with Crippen LogP contribution in [-0.4, -0.2) is 29.2 Å². The van der Waals surface area contributed by atoms with E-state index < -0.39 is 0 Å². The molecule has 1 aliphatic heterocycles. The van der Waals surface area contributed by atoms with Gasteiger partial charge in [-0.3, -0.25) is 4.57 Å². The van der Waals surface area contributed by atoms with E-state index in [4.69, 9.17) is 4.74 Å². The smallest absolute Gasteiger partial charge is 0.125 e. The van der Waals surface area contributed by atoms with E-state index in [0.717, 1.165) is 28.9 Å². The van der Waals surface area contributed by atoms with Crippen LogP contribution in [0.2, 0.25) is 0 Å². The monoisotopic (exact) mass is 325 g/mol. The zero-order valence-corrected chi connectivity index (χ0v) is 11.7. The third-order valence-electron chi connectivity index (χ3n) is 3.09. The van der Waals surface area contributed by atoms with Crippen LogP contribution >= 0.6 is 15.9 Å². The van der Waals surface area contributed by atoms with Gasteiger partial charge in [0, 0.05) is 17.6 Å². The Morgan fingerprint density at radius 3 is 3.16 bits per heavy atom. The first kappa shape index (κ1) is 12.8. The third kappa shape index (κ3) is 2.56. The molecule has 1 unspecified atom stereocenters. The van der Waals surface area contributed by atoms with Crippen molar-refractivity contribution in [2.24, 2.45) is 0 Å². The SMILES string of the molecule is Fc1ccc(Br)c(-n2cncc2C2CNCCO2)c1. The minimum absolute atomic E-state index is 0.0635. The van der Waals surface area contributed by atoms with Crippen LogP contribution in [0.1, 0.15) is 11.8 Å². The normalized spacial score (nSPS) is 19.6. The Bertz CT molecular complexity index is 581. The van der Waals surface area contributed by atoms with Gasteiger partial charge in [-0.1, -0.05) is 0 Å². The zero-order chi connectivity index (χ0) is 13.2. The third-order valence-corrected chi connectivity index (χ3v) is 3.76. The summed E-state index contributed by atoms with van der Waals surface area (Å²) < 4.78 is 21.8. The Morgan fingerprint density at radius 2 is 2.37 bits per heavy atom. The van der Waals surface area contributed by atoms with Gasteiger partial charge in [0.25, 0.3) is 0 Å². The van der Waals surface area contributed by atoms with Crippen LogP contribution in [0.4, 0.5) is 4.39 Å². The van der Waals surface area contributed by atoms with Crippen LogP contribution in [0.3, 0.4) is 0 Å². The number of benzene rings is 1. The lowest BCUT2D eigenvalue weighted by Crippen LogP contribution is -2.34. The van der Waals surface area contributed by atoms with E-state index >= 15 is 0 Å². The van der Waals surface area contributed by atoms with E-state index in [-0.39, 0.29) is 11.9 Å². The highest BCUT2D eigenvalue weighted by Crippen LogP contribution is 2.27. The van der Waals surface area contributed by atoms with Crippen LogP contribution in [-0.2, 0) is 4.74 Å². The van der Waals surface area contributed by atoms with E-state index in [1.807, 2.05) is 4.57 Å². The van der Waals surface area contributed by atoms with Gasteiger partial charge in [0.05, 0.1) is 30.5 Å². The molecule has 2 aromatic rings. The van der Waals surface area contributed by atoms with Crippen molar-refractivity contribution in [3.8, 4) is 5.69 Å². The molecule has 0 amide bonds. The summed E-state index contributed by atoms with van der Waals surface area (Å²) in [6.45, 7) is 2.26. The summed E-state index contributed by atoms with van der Waals surface area (Å²) in [6, 6.07) is 4.59. The summed E-state index contributed by atoms with van der Waals surface area (Å²) in [6.07, 6.45) is 3.37. The van der Waals surface area contributed by atoms with Gasteiger partial charge in [-0.15, -0.1) is 0 Å². The molecule has 19 heavy (non-hydrogen) atoms. The summed E-state index contributed by atoms with van der Waals surface area (Å²) in [5.74, 6) is -0.277. The summed E-state index contributed by atoms with van der Waals surface area (Å²) >= 11 is 3.44. The first-order valence-corrected chi connectivity index (χ1v) is 6.85. The molecule has 0 spiro atoms. The number of imidazole rings is 1. The Labute approximate surface area is 118 Å². The molecule has 0 aliphatic carbocycles. The molecule has 1 fully saturated rings. The van der Waals surface area contributed by atoms with Crippen LogP contribution < -0.4 is 5.32 Å². The van der Waals surface area contributed by atoms with E-state index in [1.54, 1.807) is 18.6 Å². The summed E-state index contributed by atoms with van der Waals surface area (Å²) in [7, 11) is 0. The number of hydrogen-bond acceptors (Lipinski definition) is 3. The molecular weight excluding hydrogens is 313 g/mol. The van der Waals surface area contributed by atoms with Crippen molar-refractivity contribution >= 4 is 15.9 Å². The molecule has 1 aromatic carbocycles. The fourth-order valence-electron chi connectivity index (χ4n) is 2.17. The number of rotatable bonds is 2. The maximum atomic E-state index is 13.4. The number of nitrogens with zero attached hydrogens (tertiary/aromatic N) is 2. The Hall–Kier alpha value is -1.24. The fraction of sp³-hybridized carbons (Fsp3) is 0.308. The predicted molar refractivity (Wildman–Crippen MR) is 72.8 cm³/mol. The van der Waals surface area contributed by atoms with Gasteiger partial charge < -0.3 is 10.1 Å². The number of halogens is 2. The molecule has 100 valence electrons. The van der Waals surface area contributed by atoms with Crippen molar-refractivity contribution in [3.63, 3.8) is 0 Å². The highest BCUT2D eigenvalue weighted by Gasteiger charge is 2.21. The van der Waals surface area contributed by atoms with Crippen molar-refractivity contribution in [1.29, 1.82) is 0 Å². The van der Waals surface area contributed by atoms with Gasteiger partial charge >= 0.3 is 0 Å². The van der Waals surface area contributed by atoms with Gasteiger partial charge in [-0.2, -0.15) is 0 Å². The topological polar surface area (TPSA) is 39.1 Å². The Morgan fingerprint density at radius 1 is 1.47 bits per heavy atom. The van der Waals surface area contributed by atoms with Crippen molar-refractivity contribution in [2.45, 2.75) is 6.10 Å². The highest BCUT2D eigenvalue weighted by atomic mass is 79.9. The standard InChI is InChI=1S/C13H13BrFN3O/c14-10-2-1-9(15)5-11(10)18-8-17-6-12(18)13-7-16-3-4-19-13/h1-2,5-6,8,13,16H,3-4,7H2. The molecule has 0 bridgehead atoms. The second kappa shape index (κ2) is 5.40. The average molecular weight is 326 g/mol. The van der Waals surface area contributed by atoms with Gasteiger partial charge in [-0.05, 0) is 34.1 Å². The molecule has 0 radical (unpaired) electrons. The predicted octanol–water partition coefficient (Wildman–Crippen LogP) is 2.43. The molecule has 3 rings (SSSR count). The first-order chi connectivity index (χ1) is 9.25. The molecule has 0 saturated carbocycles. The zero-order valence-electron chi connectivity index (χ0n) is 10.1. The van der Waals surface area contributed by atoms with Crippen molar-refractivity contribution in [2.75, 3.05) is 19.7 Å². The first-order valence-electron chi connectivity index (χ1n) is 6.05. The Kier molecular flexibility index (Phi) is 3.63. The summed E-state index contributed by atoms with van der Waals surface area (Å²) in [5, 5.41) is 3.28. The van der Waals surface area contributed by atoms with E-state index in [2.05, 4.69) is 26.2 Å². The highest BCUT2D eigenvalue weighted by molar-refractivity contribution is 9.10. The van der Waals surface area contributed by atoms with Gasteiger partial charge in [0.15, 0.2) is 0 Å². The number of ether oxygens (including phenoxy) is 1. The number of hydrogen-bond donors (Lipinski definition) is 1. The molecule has 1 aromatic heterocycles. The molecule has 4 nitrogen and oxygen atoms in total. The maximum Gasteiger partial charge on any atom is 0.125 e. The second-order valence-electron chi connectivity index (χ2n) is 4.35. The largest absolute Gasteiger partial charge is 0.369 e. The number of morpholine rings is 1. The minimum Gasteiger partial charge on any atom is -0.369 e.